The fourth-order valence-corrected chi connectivity index (χ4v) is 1.94. The molecule has 20 heavy (non-hydrogen) atoms. The number of nitrogens with one attached hydrogen (secondary N) is 1. The van der Waals surface area contributed by atoms with Gasteiger partial charge in [-0.1, -0.05) is 30.3 Å². The van der Waals surface area contributed by atoms with Crippen molar-refractivity contribution in [2.45, 2.75) is 13.5 Å². The highest BCUT2D eigenvalue weighted by molar-refractivity contribution is 5.99. The summed E-state index contributed by atoms with van der Waals surface area (Å²) in [7, 11) is 0. The lowest BCUT2D eigenvalue weighted by Gasteiger charge is -2.07. The van der Waals surface area contributed by atoms with Gasteiger partial charge in [-0.05, 0) is 36.2 Å². The van der Waals surface area contributed by atoms with E-state index in [2.05, 4.69) is 5.32 Å². The number of rotatable bonds is 4. The second kappa shape index (κ2) is 6.02. The highest BCUT2D eigenvalue weighted by Crippen LogP contribution is 2.10. The number of primary amides is 1. The van der Waals surface area contributed by atoms with E-state index in [1.165, 1.54) is 6.07 Å². The van der Waals surface area contributed by atoms with Gasteiger partial charge in [-0.25, -0.2) is 0 Å². The van der Waals surface area contributed by atoms with Crippen molar-refractivity contribution in [2.24, 2.45) is 5.73 Å². The highest BCUT2D eigenvalue weighted by atomic mass is 16.2. The molecule has 0 bridgehead atoms. The van der Waals surface area contributed by atoms with E-state index in [9.17, 15) is 9.59 Å². The molecule has 4 nitrogen and oxygen atoms in total. The van der Waals surface area contributed by atoms with Crippen molar-refractivity contribution in [1.29, 1.82) is 0 Å². The Kier molecular flexibility index (Phi) is 4.15. The van der Waals surface area contributed by atoms with Crippen LogP contribution in [-0.4, -0.2) is 11.8 Å². The second-order valence-corrected chi connectivity index (χ2v) is 4.62. The van der Waals surface area contributed by atoms with Crippen molar-refractivity contribution in [2.75, 3.05) is 0 Å². The van der Waals surface area contributed by atoms with Crippen LogP contribution in [0.5, 0.6) is 0 Å². The smallest absolute Gasteiger partial charge is 0.251 e. The normalized spacial score (nSPS) is 10.1. The third kappa shape index (κ3) is 3.45. The molecule has 0 saturated heterocycles. The number of aryl methyl sites for hydroxylation is 1. The third-order valence-electron chi connectivity index (χ3n) is 2.92. The number of amides is 2. The Bertz CT molecular complexity index is 636. The largest absolute Gasteiger partial charge is 0.366 e. The number of nitrogens with two attached hydrogens (primary N) is 1. The molecule has 0 saturated carbocycles. The predicted molar refractivity (Wildman–Crippen MR) is 77.3 cm³/mol. The van der Waals surface area contributed by atoms with Crippen LogP contribution in [0.25, 0.3) is 0 Å². The Morgan fingerprint density at radius 3 is 2.35 bits per heavy atom. The van der Waals surface area contributed by atoms with Crippen molar-refractivity contribution in [3.8, 4) is 0 Å². The molecule has 102 valence electrons. The number of hydrogen-bond acceptors (Lipinski definition) is 2. The van der Waals surface area contributed by atoms with E-state index in [0.29, 0.717) is 17.7 Å². The van der Waals surface area contributed by atoms with Crippen LogP contribution in [0.2, 0.25) is 0 Å². The van der Waals surface area contributed by atoms with Crippen LogP contribution in [-0.2, 0) is 6.54 Å². The SMILES string of the molecule is Cc1cc(C(N)=O)cc(C(=O)NCc2ccccc2)c1. The van der Waals surface area contributed by atoms with E-state index < -0.39 is 5.91 Å². The lowest BCUT2D eigenvalue weighted by molar-refractivity contribution is 0.0951. The molecule has 0 fully saturated rings. The van der Waals surface area contributed by atoms with Crippen LogP contribution in [0.1, 0.15) is 31.8 Å². The van der Waals surface area contributed by atoms with Gasteiger partial charge >= 0.3 is 0 Å². The molecule has 0 radical (unpaired) electrons. The van der Waals surface area contributed by atoms with Crippen LogP contribution >= 0.6 is 0 Å². The molecule has 0 aliphatic heterocycles. The van der Waals surface area contributed by atoms with Crippen LogP contribution < -0.4 is 11.1 Å². The van der Waals surface area contributed by atoms with Gasteiger partial charge in [0.15, 0.2) is 0 Å². The lowest BCUT2D eigenvalue weighted by Crippen LogP contribution is -2.23. The van der Waals surface area contributed by atoms with Gasteiger partial charge in [-0.2, -0.15) is 0 Å². The first-order valence-corrected chi connectivity index (χ1v) is 6.30. The second-order valence-electron chi connectivity index (χ2n) is 4.62. The number of carbonyl (C=O) groups is 2. The van der Waals surface area contributed by atoms with Gasteiger partial charge in [0.1, 0.15) is 0 Å². The molecule has 2 aromatic carbocycles. The summed E-state index contributed by atoms with van der Waals surface area (Å²) in [6.45, 7) is 2.26. The zero-order valence-electron chi connectivity index (χ0n) is 11.2. The van der Waals surface area contributed by atoms with Crippen molar-refractivity contribution in [1.82, 2.24) is 5.32 Å². The summed E-state index contributed by atoms with van der Waals surface area (Å²) in [4.78, 5) is 23.3. The topological polar surface area (TPSA) is 72.2 Å². The Balaban J connectivity index is 2.11. The van der Waals surface area contributed by atoms with Crippen molar-refractivity contribution in [3.05, 3.63) is 70.8 Å². The van der Waals surface area contributed by atoms with E-state index in [-0.39, 0.29) is 5.91 Å². The fourth-order valence-electron chi connectivity index (χ4n) is 1.94. The average molecular weight is 268 g/mol. The molecule has 0 aliphatic rings. The van der Waals surface area contributed by atoms with Gasteiger partial charge < -0.3 is 11.1 Å². The Morgan fingerprint density at radius 1 is 1.05 bits per heavy atom. The summed E-state index contributed by atoms with van der Waals surface area (Å²) in [5.41, 5.74) is 7.87. The van der Waals surface area contributed by atoms with E-state index in [0.717, 1.165) is 11.1 Å². The first kappa shape index (κ1) is 13.8. The molecule has 2 amide bonds. The Hall–Kier alpha value is -2.62. The molecule has 0 spiro atoms. The van der Waals surface area contributed by atoms with Crippen LogP contribution in [0, 0.1) is 6.92 Å². The van der Waals surface area contributed by atoms with Gasteiger partial charge in [0.2, 0.25) is 5.91 Å². The van der Waals surface area contributed by atoms with Gasteiger partial charge in [0.25, 0.3) is 5.91 Å². The molecule has 0 unspecified atom stereocenters. The van der Waals surface area contributed by atoms with Crippen molar-refractivity contribution < 1.29 is 9.59 Å². The maximum absolute atomic E-state index is 12.1. The zero-order valence-corrected chi connectivity index (χ0v) is 11.2. The molecule has 2 rings (SSSR count). The molecular formula is C16H16N2O2. The quantitative estimate of drug-likeness (QED) is 0.890. The van der Waals surface area contributed by atoms with E-state index in [4.69, 9.17) is 5.73 Å². The number of benzene rings is 2. The Morgan fingerprint density at radius 2 is 1.70 bits per heavy atom. The van der Waals surface area contributed by atoms with E-state index in [1.54, 1.807) is 12.1 Å². The lowest BCUT2D eigenvalue weighted by atomic mass is 10.1. The zero-order chi connectivity index (χ0) is 14.5. The first-order chi connectivity index (χ1) is 9.56. The average Bonchev–Trinajstić information content (AvgIpc) is 2.45. The summed E-state index contributed by atoms with van der Waals surface area (Å²) < 4.78 is 0. The summed E-state index contributed by atoms with van der Waals surface area (Å²) in [5.74, 6) is -0.758. The van der Waals surface area contributed by atoms with Crippen LogP contribution in [0.3, 0.4) is 0 Å². The maximum Gasteiger partial charge on any atom is 0.251 e. The summed E-state index contributed by atoms with van der Waals surface area (Å²) in [6.07, 6.45) is 0. The summed E-state index contributed by atoms with van der Waals surface area (Å²) in [5, 5.41) is 2.82. The molecule has 0 atom stereocenters. The molecule has 4 heteroatoms. The minimum Gasteiger partial charge on any atom is -0.366 e. The minimum absolute atomic E-state index is 0.222. The summed E-state index contributed by atoms with van der Waals surface area (Å²) in [6, 6.07) is 14.5. The first-order valence-electron chi connectivity index (χ1n) is 6.30. The standard InChI is InChI=1S/C16H16N2O2/c1-11-7-13(15(17)19)9-14(8-11)16(20)18-10-12-5-3-2-4-6-12/h2-9H,10H2,1H3,(H2,17,19)(H,18,20). The molecule has 0 heterocycles. The number of hydrogen-bond donors (Lipinski definition) is 2. The molecule has 0 aromatic heterocycles. The van der Waals surface area contributed by atoms with E-state index >= 15 is 0 Å². The Labute approximate surface area is 117 Å². The molecular weight excluding hydrogens is 252 g/mol. The summed E-state index contributed by atoms with van der Waals surface area (Å²) >= 11 is 0. The molecule has 0 aliphatic carbocycles. The maximum atomic E-state index is 12.1. The van der Waals surface area contributed by atoms with Gasteiger partial charge in [-0.3, -0.25) is 9.59 Å². The van der Waals surface area contributed by atoms with Gasteiger partial charge in [0.05, 0.1) is 0 Å². The van der Waals surface area contributed by atoms with Gasteiger partial charge in [0, 0.05) is 17.7 Å². The fraction of sp³-hybridized carbons (Fsp3) is 0.125. The third-order valence-corrected chi connectivity index (χ3v) is 2.92. The van der Waals surface area contributed by atoms with Crippen LogP contribution in [0.4, 0.5) is 0 Å². The van der Waals surface area contributed by atoms with Gasteiger partial charge in [-0.15, -0.1) is 0 Å². The van der Waals surface area contributed by atoms with E-state index in [1.807, 2.05) is 37.3 Å². The molecule has 2 aromatic rings. The van der Waals surface area contributed by atoms with Crippen molar-refractivity contribution in [3.63, 3.8) is 0 Å². The monoisotopic (exact) mass is 268 g/mol. The highest BCUT2D eigenvalue weighted by Gasteiger charge is 2.09. The number of carbonyl (C=O) groups excluding carboxylic acids is 2. The van der Waals surface area contributed by atoms with Crippen molar-refractivity contribution >= 4 is 11.8 Å². The minimum atomic E-state index is -0.536. The predicted octanol–water partition coefficient (Wildman–Crippen LogP) is 2.02. The molecule has 3 N–H and O–H groups in total. The van der Waals surface area contributed by atoms with Crippen LogP contribution in [0.15, 0.2) is 48.5 Å².